The van der Waals surface area contributed by atoms with Gasteiger partial charge in [-0.1, -0.05) is 30.3 Å². The van der Waals surface area contributed by atoms with Crippen LogP contribution in [0.4, 0.5) is 0 Å². The Morgan fingerprint density at radius 2 is 1.64 bits per heavy atom. The lowest BCUT2D eigenvalue weighted by Gasteiger charge is -2.30. The molecule has 2 atom stereocenters. The van der Waals surface area contributed by atoms with E-state index in [4.69, 9.17) is 13.3 Å². The zero-order chi connectivity index (χ0) is 16.6. The van der Waals surface area contributed by atoms with Crippen molar-refractivity contribution in [1.82, 2.24) is 4.90 Å². The van der Waals surface area contributed by atoms with Gasteiger partial charge in [-0.2, -0.15) is 0 Å². The minimum absolute atomic E-state index is 0.0334. The summed E-state index contributed by atoms with van der Waals surface area (Å²) in [6, 6.07) is 10.5. The zero-order valence-electron chi connectivity index (χ0n) is 14.3. The Kier molecular flexibility index (Phi) is 8.23. The van der Waals surface area contributed by atoms with Crippen molar-refractivity contribution in [1.29, 1.82) is 0 Å². The van der Waals surface area contributed by atoms with Crippen LogP contribution in [-0.2, 0) is 13.3 Å². The van der Waals surface area contributed by atoms with Crippen LogP contribution >= 0.6 is 0 Å². The van der Waals surface area contributed by atoms with Crippen LogP contribution in [-0.4, -0.2) is 59.8 Å². The molecule has 0 heterocycles. The molecular formula is C16H29NO4Si. The van der Waals surface area contributed by atoms with E-state index < -0.39 is 14.9 Å². The number of hydrogen-bond acceptors (Lipinski definition) is 5. The van der Waals surface area contributed by atoms with Crippen molar-refractivity contribution < 1.29 is 18.4 Å². The maximum atomic E-state index is 10.5. The van der Waals surface area contributed by atoms with Gasteiger partial charge >= 0.3 is 8.80 Å². The third-order valence-electron chi connectivity index (χ3n) is 4.22. The molecule has 0 fully saturated rings. The molecule has 1 rings (SSSR count). The first-order valence-electron chi connectivity index (χ1n) is 7.58. The fraction of sp³-hybridized carbons (Fsp3) is 0.625. The van der Waals surface area contributed by atoms with Gasteiger partial charge in [0.2, 0.25) is 0 Å². The Bertz CT molecular complexity index is 406. The molecule has 6 heteroatoms. The fourth-order valence-corrected chi connectivity index (χ4v) is 4.18. The van der Waals surface area contributed by atoms with Crippen LogP contribution in [0.1, 0.15) is 25.0 Å². The van der Waals surface area contributed by atoms with Crippen molar-refractivity contribution in [3.05, 3.63) is 35.9 Å². The van der Waals surface area contributed by atoms with E-state index in [0.29, 0.717) is 0 Å². The van der Waals surface area contributed by atoms with Gasteiger partial charge in [0.25, 0.3) is 0 Å². The van der Waals surface area contributed by atoms with Gasteiger partial charge in [-0.15, -0.1) is 0 Å². The van der Waals surface area contributed by atoms with Gasteiger partial charge in [0, 0.05) is 33.4 Å². The summed E-state index contributed by atoms with van der Waals surface area (Å²) in [6.07, 6.45) is 0.393. The van der Waals surface area contributed by atoms with Gasteiger partial charge < -0.3 is 23.3 Å². The fourth-order valence-electron chi connectivity index (χ4n) is 2.47. The predicted molar refractivity (Wildman–Crippen MR) is 89.7 cm³/mol. The van der Waals surface area contributed by atoms with Gasteiger partial charge in [0.05, 0.1) is 6.10 Å². The second-order valence-corrected chi connectivity index (χ2v) is 8.57. The van der Waals surface area contributed by atoms with Crippen LogP contribution in [0.5, 0.6) is 0 Å². The summed E-state index contributed by atoms with van der Waals surface area (Å²) in [5, 5.41) is 10.5. The molecule has 1 aromatic carbocycles. The molecule has 0 amide bonds. The summed E-state index contributed by atoms with van der Waals surface area (Å²) in [5.74, 6) is 0. The molecule has 0 aliphatic carbocycles. The van der Waals surface area contributed by atoms with E-state index in [1.807, 2.05) is 44.3 Å². The van der Waals surface area contributed by atoms with Gasteiger partial charge in [-0.25, -0.2) is 0 Å². The van der Waals surface area contributed by atoms with Gasteiger partial charge in [0.1, 0.15) is 0 Å². The second-order valence-electron chi connectivity index (χ2n) is 5.48. The first-order chi connectivity index (χ1) is 10.5. The number of nitrogens with zero attached hydrogens (tertiary/aromatic N) is 1. The molecule has 0 saturated carbocycles. The summed E-state index contributed by atoms with van der Waals surface area (Å²) in [4.78, 5) is 2.15. The molecule has 1 aromatic rings. The predicted octanol–water partition coefficient (Wildman–Crippen LogP) is 2.31. The average molecular weight is 327 g/mol. The Hall–Kier alpha value is -0.763. The van der Waals surface area contributed by atoms with E-state index in [0.717, 1.165) is 24.6 Å². The van der Waals surface area contributed by atoms with Gasteiger partial charge in [-0.05, 0) is 32.5 Å². The SMILES string of the molecule is CO[Si](CCCN(C)[C@@H](C)[C@H](O)c1ccccc1)(OC)OC. The Balaban J connectivity index is 2.49. The van der Waals surface area contributed by atoms with Crippen molar-refractivity contribution in [2.75, 3.05) is 34.9 Å². The topological polar surface area (TPSA) is 51.2 Å². The molecule has 0 unspecified atom stereocenters. The van der Waals surface area contributed by atoms with Crippen molar-refractivity contribution in [2.45, 2.75) is 31.5 Å². The highest BCUT2D eigenvalue weighted by atomic mass is 28.4. The van der Waals surface area contributed by atoms with Crippen molar-refractivity contribution >= 4 is 8.80 Å². The smallest absolute Gasteiger partial charge is 0.387 e. The molecule has 0 saturated heterocycles. The maximum absolute atomic E-state index is 10.5. The first kappa shape index (κ1) is 19.3. The number of benzene rings is 1. The summed E-state index contributed by atoms with van der Waals surface area (Å²) < 4.78 is 16.3. The van der Waals surface area contributed by atoms with Crippen LogP contribution < -0.4 is 0 Å². The average Bonchev–Trinajstić information content (AvgIpc) is 2.58. The molecule has 0 aromatic heterocycles. The number of rotatable bonds is 10. The van der Waals surface area contributed by atoms with E-state index in [1.54, 1.807) is 21.3 Å². The lowest BCUT2D eigenvalue weighted by molar-refractivity contribution is 0.0708. The Morgan fingerprint density at radius 1 is 1.09 bits per heavy atom. The first-order valence-corrected chi connectivity index (χ1v) is 9.51. The monoisotopic (exact) mass is 327 g/mol. The van der Waals surface area contributed by atoms with E-state index >= 15 is 0 Å². The lowest BCUT2D eigenvalue weighted by Crippen LogP contribution is -2.43. The quantitative estimate of drug-likeness (QED) is 0.668. The number of aliphatic hydroxyl groups is 1. The standard InChI is InChI=1S/C16H29NO4Si/c1-14(16(18)15-10-7-6-8-11-15)17(2)12-9-13-22(19-3,20-4)21-5/h6-8,10-11,14,16,18H,9,12-13H2,1-5H3/t14-,16-/m0/s1. The van der Waals surface area contributed by atoms with Crippen molar-refractivity contribution in [3.8, 4) is 0 Å². The molecule has 1 N–H and O–H groups in total. The Labute approximate surface area is 135 Å². The Morgan fingerprint density at radius 3 is 2.14 bits per heavy atom. The van der Waals surface area contributed by atoms with E-state index in [1.165, 1.54) is 0 Å². The minimum atomic E-state index is -2.50. The van der Waals surface area contributed by atoms with Gasteiger partial charge in [-0.3, -0.25) is 0 Å². The highest BCUT2D eigenvalue weighted by Gasteiger charge is 2.37. The van der Waals surface area contributed by atoms with E-state index in [-0.39, 0.29) is 6.04 Å². The molecule has 0 bridgehead atoms. The van der Waals surface area contributed by atoms with Gasteiger partial charge in [0.15, 0.2) is 0 Å². The third kappa shape index (κ3) is 5.15. The highest BCUT2D eigenvalue weighted by Crippen LogP contribution is 2.21. The molecule has 0 aliphatic rings. The van der Waals surface area contributed by atoms with E-state index in [2.05, 4.69) is 4.90 Å². The minimum Gasteiger partial charge on any atom is -0.387 e. The van der Waals surface area contributed by atoms with Crippen LogP contribution in [0.2, 0.25) is 6.04 Å². The largest absolute Gasteiger partial charge is 0.500 e. The summed E-state index contributed by atoms with van der Waals surface area (Å²) >= 11 is 0. The van der Waals surface area contributed by atoms with Crippen LogP contribution in [0.15, 0.2) is 30.3 Å². The van der Waals surface area contributed by atoms with Crippen LogP contribution in [0.3, 0.4) is 0 Å². The maximum Gasteiger partial charge on any atom is 0.500 e. The lowest BCUT2D eigenvalue weighted by atomic mass is 10.0. The molecule has 0 aliphatic heterocycles. The number of likely N-dealkylation sites (N-methyl/N-ethyl adjacent to an activating group) is 1. The highest BCUT2D eigenvalue weighted by molar-refractivity contribution is 6.60. The summed E-state index contributed by atoms with van der Waals surface area (Å²) in [7, 11) is 4.41. The molecule has 0 radical (unpaired) electrons. The summed E-state index contributed by atoms with van der Waals surface area (Å²) in [6.45, 7) is 2.88. The zero-order valence-corrected chi connectivity index (χ0v) is 15.3. The van der Waals surface area contributed by atoms with Crippen molar-refractivity contribution in [2.24, 2.45) is 0 Å². The van der Waals surface area contributed by atoms with Crippen molar-refractivity contribution in [3.63, 3.8) is 0 Å². The van der Waals surface area contributed by atoms with Crippen LogP contribution in [0.25, 0.3) is 0 Å². The molecule has 22 heavy (non-hydrogen) atoms. The molecule has 5 nitrogen and oxygen atoms in total. The third-order valence-corrected chi connectivity index (χ3v) is 7.05. The number of aliphatic hydroxyl groups excluding tert-OH is 1. The summed E-state index contributed by atoms with van der Waals surface area (Å²) in [5.41, 5.74) is 0.941. The normalized spacial score (nSPS) is 15.0. The van der Waals surface area contributed by atoms with E-state index in [9.17, 15) is 5.11 Å². The number of hydrogen-bond donors (Lipinski definition) is 1. The molecular weight excluding hydrogens is 298 g/mol. The molecule has 0 spiro atoms. The molecule has 126 valence electrons. The second kappa shape index (κ2) is 9.39. The van der Waals surface area contributed by atoms with Crippen LogP contribution in [0, 0.1) is 0 Å².